The first-order valence-electron chi connectivity index (χ1n) is 5.40. The van der Waals surface area contributed by atoms with E-state index in [0.717, 1.165) is 5.75 Å². The summed E-state index contributed by atoms with van der Waals surface area (Å²) in [7, 11) is 0. The molecular weight excluding hydrogens is 247 g/mol. The van der Waals surface area contributed by atoms with Gasteiger partial charge in [0.1, 0.15) is 0 Å². The number of thioether (sulfide) groups is 1. The fourth-order valence-electron chi connectivity index (χ4n) is 1.29. The molecule has 0 spiro atoms. The Balaban J connectivity index is 2.15. The molecule has 0 aliphatic carbocycles. The lowest BCUT2D eigenvalue weighted by Crippen LogP contribution is -2.32. The molecule has 0 aromatic heterocycles. The van der Waals surface area contributed by atoms with Gasteiger partial charge in [0.25, 0.3) is 0 Å². The van der Waals surface area contributed by atoms with E-state index in [9.17, 15) is 13.2 Å². The molecule has 1 nitrogen and oxygen atoms in total. The maximum Gasteiger partial charge on any atom is 0.401 e. The number of rotatable bonds is 6. The molecule has 1 unspecified atom stereocenters. The Labute approximate surface area is 104 Å². The monoisotopic (exact) mass is 263 g/mol. The van der Waals surface area contributed by atoms with Crippen LogP contribution in [0.2, 0.25) is 0 Å². The third-order valence-corrected chi connectivity index (χ3v) is 3.37. The molecule has 0 saturated heterocycles. The Morgan fingerprint density at radius 3 is 2.47 bits per heavy atom. The molecule has 0 aliphatic heterocycles. The molecule has 0 amide bonds. The first-order valence-corrected chi connectivity index (χ1v) is 6.45. The van der Waals surface area contributed by atoms with Gasteiger partial charge in [0.15, 0.2) is 0 Å². The van der Waals surface area contributed by atoms with Crippen LogP contribution in [0.15, 0.2) is 30.3 Å². The Kier molecular flexibility index (Phi) is 5.85. The lowest BCUT2D eigenvalue weighted by molar-refractivity contribution is -0.124. The van der Waals surface area contributed by atoms with Crippen LogP contribution in [-0.4, -0.2) is 24.5 Å². The van der Waals surface area contributed by atoms with E-state index in [0.29, 0.717) is 6.54 Å². The van der Waals surface area contributed by atoms with Crippen molar-refractivity contribution in [1.82, 2.24) is 5.32 Å². The molecule has 1 N–H and O–H groups in total. The highest BCUT2D eigenvalue weighted by Crippen LogP contribution is 2.17. The van der Waals surface area contributed by atoms with E-state index in [1.807, 2.05) is 37.3 Å². The summed E-state index contributed by atoms with van der Waals surface area (Å²) in [4.78, 5) is 0. The zero-order valence-electron chi connectivity index (χ0n) is 9.63. The molecule has 1 aromatic carbocycles. The van der Waals surface area contributed by atoms with E-state index < -0.39 is 12.7 Å². The highest BCUT2D eigenvalue weighted by atomic mass is 32.2. The lowest BCUT2D eigenvalue weighted by atomic mass is 10.2. The van der Waals surface area contributed by atoms with Crippen molar-refractivity contribution in [2.75, 3.05) is 13.1 Å². The molecule has 0 fully saturated rings. The Morgan fingerprint density at radius 1 is 1.24 bits per heavy atom. The molecule has 0 saturated carbocycles. The fourth-order valence-corrected chi connectivity index (χ4v) is 2.19. The van der Waals surface area contributed by atoms with Crippen molar-refractivity contribution in [3.8, 4) is 0 Å². The zero-order chi connectivity index (χ0) is 12.7. The predicted molar refractivity (Wildman–Crippen MR) is 66.1 cm³/mol. The van der Waals surface area contributed by atoms with Crippen LogP contribution in [0, 0.1) is 0 Å². The SMILES string of the molecule is CC(CNCC(F)(F)F)SCc1ccccc1. The standard InChI is InChI=1S/C12H16F3NS/c1-10(7-16-9-12(13,14)15)17-8-11-5-3-2-4-6-11/h2-6,10,16H,7-9H2,1H3. The third-order valence-electron chi connectivity index (χ3n) is 2.13. The number of hydrogen-bond acceptors (Lipinski definition) is 2. The van der Waals surface area contributed by atoms with Gasteiger partial charge in [0, 0.05) is 17.5 Å². The van der Waals surface area contributed by atoms with Gasteiger partial charge in [-0.25, -0.2) is 0 Å². The number of nitrogens with one attached hydrogen (secondary N) is 1. The van der Waals surface area contributed by atoms with Crippen LogP contribution in [0.25, 0.3) is 0 Å². The minimum absolute atomic E-state index is 0.164. The normalized spacial score (nSPS) is 13.6. The van der Waals surface area contributed by atoms with Gasteiger partial charge in [-0.1, -0.05) is 37.3 Å². The van der Waals surface area contributed by atoms with Crippen molar-refractivity contribution >= 4 is 11.8 Å². The van der Waals surface area contributed by atoms with E-state index in [4.69, 9.17) is 0 Å². The van der Waals surface area contributed by atoms with Crippen molar-refractivity contribution in [2.24, 2.45) is 0 Å². The Morgan fingerprint density at radius 2 is 1.88 bits per heavy atom. The van der Waals surface area contributed by atoms with E-state index in [-0.39, 0.29) is 5.25 Å². The molecule has 0 heterocycles. The van der Waals surface area contributed by atoms with Crippen molar-refractivity contribution in [1.29, 1.82) is 0 Å². The Bertz CT molecular complexity index is 313. The number of halogens is 3. The molecular formula is C12H16F3NS. The van der Waals surface area contributed by atoms with E-state index in [1.165, 1.54) is 5.56 Å². The maximum absolute atomic E-state index is 11.9. The minimum Gasteiger partial charge on any atom is -0.308 e. The molecule has 1 atom stereocenters. The van der Waals surface area contributed by atoms with Gasteiger partial charge in [0.05, 0.1) is 6.54 Å². The summed E-state index contributed by atoms with van der Waals surface area (Å²) >= 11 is 1.65. The number of alkyl halides is 3. The van der Waals surface area contributed by atoms with Gasteiger partial charge in [-0.15, -0.1) is 0 Å². The minimum atomic E-state index is -4.12. The van der Waals surface area contributed by atoms with Gasteiger partial charge in [-0.2, -0.15) is 24.9 Å². The molecule has 17 heavy (non-hydrogen) atoms. The third kappa shape index (κ3) is 7.28. The van der Waals surface area contributed by atoms with Crippen molar-refractivity contribution in [2.45, 2.75) is 24.1 Å². The van der Waals surface area contributed by atoms with Crippen molar-refractivity contribution in [3.63, 3.8) is 0 Å². The van der Waals surface area contributed by atoms with Gasteiger partial charge in [-0.05, 0) is 5.56 Å². The number of hydrogen-bond donors (Lipinski definition) is 1. The van der Waals surface area contributed by atoms with Crippen molar-refractivity contribution < 1.29 is 13.2 Å². The molecule has 0 radical (unpaired) electrons. The molecule has 5 heteroatoms. The maximum atomic E-state index is 11.9. The van der Waals surface area contributed by atoms with E-state index >= 15 is 0 Å². The van der Waals surface area contributed by atoms with Crippen LogP contribution in [0.4, 0.5) is 13.2 Å². The summed E-state index contributed by atoms with van der Waals surface area (Å²) in [6.07, 6.45) is -4.12. The van der Waals surface area contributed by atoms with Crippen LogP contribution in [0.3, 0.4) is 0 Å². The second-order valence-electron chi connectivity index (χ2n) is 3.85. The van der Waals surface area contributed by atoms with Crippen LogP contribution in [-0.2, 0) is 5.75 Å². The summed E-state index contributed by atoms with van der Waals surface area (Å²) in [6, 6.07) is 9.90. The average Bonchev–Trinajstić information content (AvgIpc) is 2.26. The summed E-state index contributed by atoms with van der Waals surface area (Å²) in [5.74, 6) is 0.829. The van der Waals surface area contributed by atoms with Gasteiger partial charge >= 0.3 is 6.18 Å². The van der Waals surface area contributed by atoms with Crippen molar-refractivity contribution in [3.05, 3.63) is 35.9 Å². The van der Waals surface area contributed by atoms with Gasteiger partial charge < -0.3 is 5.32 Å². The highest BCUT2D eigenvalue weighted by molar-refractivity contribution is 7.99. The van der Waals surface area contributed by atoms with Crippen LogP contribution < -0.4 is 5.32 Å². The zero-order valence-corrected chi connectivity index (χ0v) is 10.4. The molecule has 0 bridgehead atoms. The molecule has 96 valence electrons. The molecule has 1 rings (SSSR count). The van der Waals surface area contributed by atoms with Crippen LogP contribution in [0.5, 0.6) is 0 Å². The quantitative estimate of drug-likeness (QED) is 0.843. The molecule has 1 aromatic rings. The fraction of sp³-hybridized carbons (Fsp3) is 0.500. The average molecular weight is 263 g/mol. The second kappa shape index (κ2) is 6.91. The number of benzene rings is 1. The second-order valence-corrected chi connectivity index (χ2v) is 5.28. The first-order chi connectivity index (χ1) is 7.97. The first kappa shape index (κ1) is 14.4. The summed E-state index contributed by atoms with van der Waals surface area (Å²) in [6.45, 7) is 1.39. The van der Waals surface area contributed by atoms with E-state index in [1.54, 1.807) is 11.8 Å². The largest absolute Gasteiger partial charge is 0.401 e. The summed E-state index contributed by atoms with van der Waals surface area (Å²) < 4.78 is 35.7. The summed E-state index contributed by atoms with van der Waals surface area (Å²) in [5.41, 5.74) is 1.19. The van der Waals surface area contributed by atoms with Crippen LogP contribution >= 0.6 is 11.8 Å². The van der Waals surface area contributed by atoms with Crippen LogP contribution in [0.1, 0.15) is 12.5 Å². The lowest BCUT2D eigenvalue weighted by Gasteiger charge is -2.13. The smallest absolute Gasteiger partial charge is 0.308 e. The molecule has 0 aliphatic rings. The highest BCUT2D eigenvalue weighted by Gasteiger charge is 2.26. The van der Waals surface area contributed by atoms with Gasteiger partial charge in [0.2, 0.25) is 0 Å². The topological polar surface area (TPSA) is 12.0 Å². The summed E-state index contributed by atoms with van der Waals surface area (Å²) in [5, 5.41) is 2.58. The Hall–Kier alpha value is -0.680. The van der Waals surface area contributed by atoms with Gasteiger partial charge in [-0.3, -0.25) is 0 Å². The van der Waals surface area contributed by atoms with E-state index in [2.05, 4.69) is 5.32 Å². The predicted octanol–water partition coefficient (Wildman–Crippen LogP) is 3.46.